The lowest BCUT2D eigenvalue weighted by molar-refractivity contribution is 0.0927. The van der Waals surface area contributed by atoms with Crippen molar-refractivity contribution in [1.82, 2.24) is 8.01 Å². The van der Waals surface area contributed by atoms with Crippen molar-refractivity contribution in [1.29, 1.82) is 0 Å². The summed E-state index contributed by atoms with van der Waals surface area (Å²) < 4.78 is 2.57. The van der Waals surface area contributed by atoms with Gasteiger partial charge in [0.25, 0.3) is 0 Å². The molecule has 0 saturated carbocycles. The van der Waals surface area contributed by atoms with Gasteiger partial charge < -0.3 is 4.90 Å². The molecule has 0 aromatic carbocycles. The van der Waals surface area contributed by atoms with Crippen molar-refractivity contribution in [3.05, 3.63) is 0 Å². The van der Waals surface area contributed by atoms with Crippen LogP contribution < -0.4 is 0 Å². The minimum Gasteiger partial charge on any atom is -0.301 e. The van der Waals surface area contributed by atoms with Gasteiger partial charge in [0.2, 0.25) is 0 Å². The van der Waals surface area contributed by atoms with E-state index >= 15 is 0 Å². The van der Waals surface area contributed by atoms with Crippen LogP contribution in [-0.2, 0) is 0 Å². The van der Waals surface area contributed by atoms with Crippen LogP contribution in [0.1, 0.15) is 12.8 Å². The van der Waals surface area contributed by atoms with Gasteiger partial charge in [0, 0.05) is 55.1 Å². The maximum absolute atomic E-state index is 2.69. The predicted octanol–water partition coefficient (Wildman–Crippen LogP) is 1.36. The molecule has 4 atom stereocenters. The second kappa shape index (κ2) is 2.82. The van der Waals surface area contributed by atoms with Crippen LogP contribution in [-0.4, -0.2) is 40.2 Å². The Morgan fingerprint density at radius 2 is 1.75 bits per heavy atom. The number of piperidine rings is 2. The smallest absolute Gasteiger partial charge is 0.0324 e. The van der Waals surface area contributed by atoms with Gasteiger partial charge in [-0.3, -0.25) is 0 Å². The normalized spacial score (nSPS) is 52.8. The van der Waals surface area contributed by atoms with Crippen LogP contribution in [0.15, 0.2) is 0 Å². The lowest BCUT2D eigenvalue weighted by Crippen LogP contribution is -2.48. The summed E-state index contributed by atoms with van der Waals surface area (Å²) in [6.45, 7) is 5.47. The molecule has 0 aromatic heterocycles. The standard InChI is InChI=1S/C9H15IN2/c10-12-5-8-1-7-2-9(12)6-11(3-7)4-8/h7-9H,1-6H2. The Labute approximate surface area is 87.8 Å². The molecule has 0 aromatic rings. The minimum absolute atomic E-state index is 0.872. The Hall–Kier alpha value is 0.650. The molecule has 0 amide bonds. The average Bonchev–Trinajstić information content (AvgIpc) is 2.16. The van der Waals surface area contributed by atoms with E-state index in [1.807, 2.05) is 0 Å². The van der Waals surface area contributed by atoms with Crippen molar-refractivity contribution in [2.75, 3.05) is 26.2 Å². The second-order valence-electron chi connectivity index (χ2n) is 4.66. The molecular weight excluding hydrogens is 263 g/mol. The highest BCUT2D eigenvalue weighted by Gasteiger charge is 2.40. The number of rotatable bonds is 0. The van der Waals surface area contributed by atoms with Crippen molar-refractivity contribution in [2.45, 2.75) is 18.9 Å². The Bertz CT molecular complexity index is 183. The minimum atomic E-state index is 0.872. The van der Waals surface area contributed by atoms with Gasteiger partial charge in [-0.25, -0.2) is 3.11 Å². The molecule has 4 aliphatic heterocycles. The summed E-state index contributed by atoms with van der Waals surface area (Å²) in [4.78, 5) is 2.69. The van der Waals surface area contributed by atoms with Crippen molar-refractivity contribution in [3.63, 3.8) is 0 Å². The zero-order valence-electron chi connectivity index (χ0n) is 7.25. The highest BCUT2D eigenvalue weighted by atomic mass is 127. The molecule has 4 unspecified atom stereocenters. The monoisotopic (exact) mass is 278 g/mol. The van der Waals surface area contributed by atoms with Gasteiger partial charge in [0.1, 0.15) is 0 Å². The van der Waals surface area contributed by atoms with Crippen LogP contribution in [0, 0.1) is 11.8 Å². The van der Waals surface area contributed by atoms with Crippen LogP contribution in [0.25, 0.3) is 0 Å². The Kier molecular flexibility index (Phi) is 1.88. The summed E-state index contributed by atoms with van der Waals surface area (Å²) in [6.07, 6.45) is 2.97. The fourth-order valence-corrected chi connectivity index (χ4v) is 4.19. The number of hydrogen-bond donors (Lipinski definition) is 0. The van der Waals surface area contributed by atoms with E-state index in [-0.39, 0.29) is 0 Å². The first-order valence-corrected chi connectivity index (χ1v) is 5.92. The molecule has 4 fully saturated rings. The molecule has 0 spiro atoms. The topological polar surface area (TPSA) is 6.48 Å². The molecule has 12 heavy (non-hydrogen) atoms. The summed E-state index contributed by atoms with van der Waals surface area (Å²) in [5, 5.41) is 0. The summed E-state index contributed by atoms with van der Waals surface area (Å²) >= 11 is 2.54. The van der Waals surface area contributed by atoms with E-state index in [0.29, 0.717) is 0 Å². The van der Waals surface area contributed by atoms with E-state index in [9.17, 15) is 0 Å². The van der Waals surface area contributed by atoms with E-state index in [1.54, 1.807) is 0 Å². The van der Waals surface area contributed by atoms with E-state index < -0.39 is 0 Å². The zero-order chi connectivity index (χ0) is 8.13. The molecule has 4 saturated heterocycles. The van der Waals surface area contributed by atoms with Gasteiger partial charge in [-0.2, -0.15) is 0 Å². The molecule has 4 rings (SSSR count). The van der Waals surface area contributed by atoms with Crippen molar-refractivity contribution in [2.24, 2.45) is 11.8 Å². The third-order valence-electron chi connectivity index (χ3n) is 3.60. The largest absolute Gasteiger partial charge is 0.301 e. The molecule has 4 heterocycles. The van der Waals surface area contributed by atoms with E-state index in [4.69, 9.17) is 0 Å². The predicted molar refractivity (Wildman–Crippen MR) is 57.2 cm³/mol. The Morgan fingerprint density at radius 3 is 2.58 bits per heavy atom. The van der Waals surface area contributed by atoms with Gasteiger partial charge in [-0.05, 0) is 24.7 Å². The summed E-state index contributed by atoms with van der Waals surface area (Å²) in [5.41, 5.74) is 0. The van der Waals surface area contributed by atoms with Crippen LogP contribution in [0.4, 0.5) is 0 Å². The first-order valence-electron chi connectivity index (χ1n) is 4.96. The van der Waals surface area contributed by atoms with Crippen LogP contribution in [0.5, 0.6) is 0 Å². The number of fused-ring (bicyclic) bond motifs is 1. The molecule has 0 radical (unpaired) electrons. The van der Waals surface area contributed by atoms with Crippen molar-refractivity contribution in [3.8, 4) is 0 Å². The van der Waals surface area contributed by atoms with Gasteiger partial charge in [0.05, 0.1) is 0 Å². The van der Waals surface area contributed by atoms with Gasteiger partial charge in [-0.15, -0.1) is 0 Å². The van der Waals surface area contributed by atoms with Crippen molar-refractivity contribution < 1.29 is 0 Å². The molecule has 0 N–H and O–H groups in total. The zero-order valence-corrected chi connectivity index (χ0v) is 9.40. The lowest BCUT2D eigenvalue weighted by Gasteiger charge is -2.41. The Morgan fingerprint density at radius 1 is 0.917 bits per heavy atom. The average molecular weight is 278 g/mol. The number of hydrogen-bond acceptors (Lipinski definition) is 2. The summed E-state index contributed by atoms with van der Waals surface area (Å²) in [5.74, 6) is 2.01. The molecular formula is C9H15IN2. The SMILES string of the molecule is IN1CC2CC3CC1CN(C3)C2. The first-order chi connectivity index (χ1) is 5.81. The van der Waals surface area contributed by atoms with Crippen molar-refractivity contribution >= 4 is 22.9 Å². The van der Waals surface area contributed by atoms with Gasteiger partial charge in [-0.1, -0.05) is 0 Å². The summed E-state index contributed by atoms with van der Waals surface area (Å²) in [7, 11) is 0. The lowest BCUT2D eigenvalue weighted by atomic mass is 9.84. The molecule has 68 valence electrons. The third-order valence-corrected chi connectivity index (χ3v) is 4.78. The quantitative estimate of drug-likeness (QED) is 0.487. The van der Waals surface area contributed by atoms with E-state index in [0.717, 1.165) is 17.9 Å². The Balaban J connectivity index is 1.91. The van der Waals surface area contributed by atoms with E-state index in [2.05, 4.69) is 30.9 Å². The fourth-order valence-electron chi connectivity index (χ4n) is 3.23. The second-order valence-corrected chi connectivity index (χ2v) is 5.90. The number of halogens is 1. The molecule has 2 nitrogen and oxygen atoms in total. The molecule has 0 aliphatic carbocycles. The maximum atomic E-state index is 2.69. The van der Waals surface area contributed by atoms with E-state index in [1.165, 1.54) is 39.0 Å². The highest BCUT2D eigenvalue weighted by molar-refractivity contribution is 14.1. The highest BCUT2D eigenvalue weighted by Crippen LogP contribution is 2.37. The number of nitrogens with zero attached hydrogens (tertiary/aromatic N) is 2. The molecule has 3 heteroatoms. The first kappa shape index (κ1) is 8.00. The van der Waals surface area contributed by atoms with Gasteiger partial charge in [0.15, 0.2) is 0 Å². The van der Waals surface area contributed by atoms with Gasteiger partial charge >= 0.3 is 0 Å². The maximum Gasteiger partial charge on any atom is 0.0324 e. The molecule has 4 aliphatic rings. The molecule has 4 bridgehead atoms. The summed E-state index contributed by atoms with van der Waals surface area (Å²) in [6, 6.07) is 0.872. The van der Waals surface area contributed by atoms with Crippen LogP contribution in [0.2, 0.25) is 0 Å². The third kappa shape index (κ3) is 1.21. The van der Waals surface area contributed by atoms with Crippen LogP contribution in [0.3, 0.4) is 0 Å². The van der Waals surface area contributed by atoms with Crippen LogP contribution >= 0.6 is 22.9 Å². The fraction of sp³-hybridized carbons (Fsp3) is 1.00.